The van der Waals surface area contributed by atoms with Gasteiger partial charge < -0.3 is 11.1 Å². The summed E-state index contributed by atoms with van der Waals surface area (Å²) in [4.78, 5) is 11.0. The predicted octanol–water partition coefficient (Wildman–Crippen LogP) is 1.48. The average molecular weight is 273 g/mol. The van der Waals surface area contributed by atoms with Gasteiger partial charge in [0.2, 0.25) is 0 Å². The first kappa shape index (κ1) is 14.9. The summed E-state index contributed by atoms with van der Waals surface area (Å²) in [6.45, 7) is 5.97. The number of aromatic nitrogens is 2. The van der Waals surface area contributed by atoms with Gasteiger partial charge in [0.05, 0.1) is 5.56 Å². The number of nitrogens with zero attached hydrogens (tertiary/aromatic N) is 3. The lowest BCUT2D eigenvalue weighted by molar-refractivity contribution is -0.138. The molecular weight excluding hydrogens is 259 g/mol. The summed E-state index contributed by atoms with van der Waals surface area (Å²) < 4.78 is 36.8. The fourth-order valence-electron chi connectivity index (χ4n) is 1.04. The van der Waals surface area contributed by atoms with Crippen LogP contribution >= 0.6 is 0 Å². The number of nitrogens with two attached hydrogens (primary N) is 1. The van der Waals surface area contributed by atoms with E-state index >= 15 is 0 Å². The first-order chi connectivity index (χ1) is 8.79. The second-order valence-electron chi connectivity index (χ2n) is 3.90. The number of hydrogen-bond donors (Lipinski definition) is 2. The first-order valence-electron chi connectivity index (χ1n) is 5.35. The molecule has 104 valence electrons. The molecule has 0 fully saturated rings. The lowest BCUT2D eigenvalue weighted by atomic mass is 10.3. The summed E-state index contributed by atoms with van der Waals surface area (Å²) in [5, 5.41) is 2.78. The molecule has 0 aliphatic rings. The van der Waals surface area contributed by atoms with Crippen LogP contribution in [-0.2, 0) is 12.7 Å². The largest absolute Gasteiger partial charge is 0.419 e. The van der Waals surface area contributed by atoms with Crippen LogP contribution in [0, 0.1) is 0 Å². The topological polar surface area (TPSA) is 76.2 Å². The van der Waals surface area contributed by atoms with Gasteiger partial charge in [-0.2, -0.15) is 13.2 Å². The van der Waals surface area contributed by atoms with E-state index < -0.39 is 11.7 Å². The maximum atomic E-state index is 12.3. The number of aliphatic imine (C=N–C) groups is 1. The van der Waals surface area contributed by atoms with Gasteiger partial charge in [-0.3, -0.25) is 0 Å². The highest BCUT2D eigenvalue weighted by atomic mass is 19.4. The van der Waals surface area contributed by atoms with Crippen molar-refractivity contribution in [2.45, 2.75) is 19.6 Å². The Hall–Kier alpha value is -2.12. The lowest BCUT2D eigenvalue weighted by Gasteiger charge is -2.06. The average Bonchev–Trinajstić information content (AvgIpc) is 2.33. The molecule has 1 heterocycles. The van der Waals surface area contributed by atoms with E-state index in [1.165, 1.54) is 0 Å². The Morgan fingerprint density at radius 2 is 2.00 bits per heavy atom. The molecule has 5 nitrogen and oxygen atoms in total. The molecule has 0 spiro atoms. The normalized spacial score (nSPS) is 12.3. The van der Waals surface area contributed by atoms with E-state index in [-0.39, 0.29) is 18.3 Å². The van der Waals surface area contributed by atoms with E-state index in [2.05, 4.69) is 26.9 Å². The van der Waals surface area contributed by atoms with Crippen molar-refractivity contribution in [3.05, 3.63) is 35.9 Å². The van der Waals surface area contributed by atoms with Gasteiger partial charge in [-0.15, -0.1) is 0 Å². The fourth-order valence-corrected chi connectivity index (χ4v) is 1.04. The molecule has 0 radical (unpaired) electrons. The smallest absolute Gasteiger partial charge is 0.370 e. The van der Waals surface area contributed by atoms with Crippen LogP contribution in [0.2, 0.25) is 0 Å². The molecular formula is C11H14F3N5. The third-order valence-electron chi connectivity index (χ3n) is 1.99. The number of hydrogen-bond acceptors (Lipinski definition) is 3. The van der Waals surface area contributed by atoms with Crippen LogP contribution in [-0.4, -0.2) is 22.5 Å². The van der Waals surface area contributed by atoms with E-state index in [4.69, 9.17) is 5.73 Å². The second kappa shape index (κ2) is 6.17. The van der Waals surface area contributed by atoms with E-state index in [9.17, 15) is 13.2 Å². The SMILES string of the molecule is C=C(C)CNC(N)=NCc1ncc(C(F)(F)F)cn1. The van der Waals surface area contributed by atoms with E-state index in [1.54, 1.807) is 0 Å². The maximum Gasteiger partial charge on any atom is 0.419 e. The molecule has 0 aromatic carbocycles. The highest BCUT2D eigenvalue weighted by molar-refractivity contribution is 5.77. The first-order valence-corrected chi connectivity index (χ1v) is 5.35. The molecule has 0 amide bonds. The Kier molecular flexibility index (Phi) is 4.85. The number of nitrogens with one attached hydrogen (secondary N) is 1. The Bertz CT molecular complexity index is 464. The monoisotopic (exact) mass is 273 g/mol. The van der Waals surface area contributed by atoms with Crippen molar-refractivity contribution in [1.29, 1.82) is 0 Å². The quantitative estimate of drug-likeness (QED) is 0.495. The van der Waals surface area contributed by atoms with Gasteiger partial charge in [-0.05, 0) is 6.92 Å². The van der Waals surface area contributed by atoms with Crippen molar-refractivity contribution in [3.8, 4) is 0 Å². The minimum absolute atomic E-state index is 0.00710. The number of halogens is 3. The highest BCUT2D eigenvalue weighted by Crippen LogP contribution is 2.27. The van der Waals surface area contributed by atoms with E-state index in [0.717, 1.165) is 18.0 Å². The van der Waals surface area contributed by atoms with Crippen LogP contribution in [0.1, 0.15) is 18.3 Å². The third-order valence-corrected chi connectivity index (χ3v) is 1.99. The maximum absolute atomic E-state index is 12.3. The molecule has 0 bridgehead atoms. The van der Waals surface area contributed by atoms with Gasteiger partial charge in [0.25, 0.3) is 0 Å². The van der Waals surface area contributed by atoms with Gasteiger partial charge in [0, 0.05) is 18.9 Å². The molecule has 1 aromatic rings. The van der Waals surface area contributed by atoms with Crippen LogP contribution in [0.3, 0.4) is 0 Å². The second-order valence-corrected chi connectivity index (χ2v) is 3.90. The van der Waals surface area contributed by atoms with Crippen molar-refractivity contribution in [3.63, 3.8) is 0 Å². The van der Waals surface area contributed by atoms with Gasteiger partial charge in [-0.1, -0.05) is 12.2 Å². The fraction of sp³-hybridized carbons (Fsp3) is 0.364. The Balaban J connectivity index is 2.59. The van der Waals surface area contributed by atoms with Gasteiger partial charge in [0.1, 0.15) is 12.4 Å². The van der Waals surface area contributed by atoms with Crippen molar-refractivity contribution in [1.82, 2.24) is 15.3 Å². The summed E-state index contributed by atoms with van der Waals surface area (Å²) in [5.41, 5.74) is 5.52. The van der Waals surface area contributed by atoms with Crippen molar-refractivity contribution in [2.75, 3.05) is 6.54 Å². The van der Waals surface area contributed by atoms with Crippen LogP contribution < -0.4 is 11.1 Å². The predicted molar refractivity (Wildman–Crippen MR) is 65.2 cm³/mol. The summed E-state index contributed by atoms with van der Waals surface area (Å²) >= 11 is 0. The molecule has 0 aliphatic carbocycles. The Labute approximate surface area is 108 Å². The zero-order chi connectivity index (χ0) is 14.5. The molecule has 19 heavy (non-hydrogen) atoms. The molecule has 3 N–H and O–H groups in total. The van der Waals surface area contributed by atoms with E-state index in [1.807, 2.05) is 6.92 Å². The van der Waals surface area contributed by atoms with Crippen LogP contribution in [0.25, 0.3) is 0 Å². The van der Waals surface area contributed by atoms with Crippen molar-refractivity contribution >= 4 is 5.96 Å². The zero-order valence-electron chi connectivity index (χ0n) is 10.3. The molecule has 1 rings (SSSR count). The lowest BCUT2D eigenvalue weighted by Crippen LogP contribution is -2.32. The van der Waals surface area contributed by atoms with Crippen molar-refractivity contribution < 1.29 is 13.2 Å². The Morgan fingerprint density at radius 3 is 2.47 bits per heavy atom. The minimum Gasteiger partial charge on any atom is -0.370 e. The van der Waals surface area contributed by atoms with Crippen LogP contribution in [0.15, 0.2) is 29.5 Å². The van der Waals surface area contributed by atoms with Crippen LogP contribution in [0.4, 0.5) is 13.2 Å². The molecule has 0 unspecified atom stereocenters. The summed E-state index contributed by atoms with van der Waals surface area (Å²) in [6.07, 6.45) is -3.01. The van der Waals surface area contributed by atoms with Gasteiger partial charge >= 0.3 is 6.18 Å². The summed E-state index contributed by atoms with van der Waals surface area (Å²) in [5.74, 6) is 0.319. The molecule has 0 saturated carbocycles. The zero-order valence-corrected chi connectivity index (χ0v) is 10.3. The number of rotatable bonds is 4. The van der Waals surface area contributed by atoms with Gasteiger partial charge in [0.15, 0.2) is 5.96 Å². The molecule has 0 aliphatic heterocycles. The van der Waals surface area contributed by atoms with Crippen LogP contribution in [0.5, 0.6) is 0 Å². The van der Waals surface area contributed by atoms with Gasteiger partial charge in [-0.25, -0.2) is 15.0 Å². The summed E-state index contributed by atoms with van der Waals surface area (Å²) in [7, 11) is 0. The Morgan fingerprint density at radius 1 is 1.42 bits per heavy atom. The highest BCUT2D eigenvalue weighted by Gasteiger charge is 2.31. The molecule has 1 aromatic heterocycles. The van der Waals surface area contributed by atoms with E-state index in [0.29, 0.717) is 6.54 Å². The molecule has 8 heteroatoms. The number of alkyl halides is 3. The minimum atomic E-state index is -4.44. The molecule has 0 atom stereocenters. The van der Waals surface area contributed by atoms with Crippen molar-refractivity contribution in [2.24, 2.45) is 10.7 Å². The third kappa shape index (κ3) is 5.36. The summed E-state index contributed by atoms with van der Waals surface area (Å²) in [6, 6.07) is 0. The number of guanidine groups is 1. The molecule has 0 saturated heterocycles. The standard InChI is InChI=1S/C11H14F3N5/c1-7(2)3-18-10(15)19-6-9-16-4-8(5-17-9)11(12,13)14/h4-5H,1,3,6H2,2H3,(H3,15,18,19).